The maximum Gasteiger partial charge on any atom is 0.307 e. The molecule has 1 N–H and O–H groups in total. The Kier molecular flexibility index (Phi) is 5.13. The number of furan rings is 1. The summed E-state index contributed by atoms with van der Waals surface area (Å²) in [7, 11) is 0. The first kappa shape index (κ1) is 16.1. The fraction of sp³-hybridized carbons (Fsp3) is 0.0526. The van der Waals surface area contributed by atoms with E-state index in [4.69, 9.17) is 4.42 Å². The van der Waals surface area contributed by atoms with Crippen molar-refractivity contribution in [2.75, 3.05) is 0 Å². The molecular formula is C19H16N2O2S. The third-order valence-corrected chi connectivity index (χ3v) is 4.28. The van der Waals surface area contributed by atoms with E-state index in [-0.39, 0.29) is 11.7 Å². The van der Waals surface area contributed by atoms with Gasteiger partial charge in [0, 0.05) is 9.79 Å². The number of hydrazone groups is 1. The van der Waals surface area contributed by atoms with Crippen LogP contribution in [0, 0.1) is 6.92 Å². The first-order chi connectivity index (χ1) is 11.7. The summed E-state index contributed by atoms with van der Waals surface area (Å²) >= 11 is 1.71. The maximum absolute atomic E-state index is 11.7. The van der Waals surface area contributed by atoms with Crippen LogP contribution >= 0.6 is 11.8 Å². The minimum Gasteiger partial charge on any atom is -0.459 e. The summed E-state index contributed by atoms with van der Waals surface area (Å²) in [5.74, 6) is -0.139. The van der Waals surface area contributed by atoms with Gasteiger partial charge >= 0.3 is 5.91 Å². The zero-order valence-corrected chi connectivity index (χ0v) is 13.9. The molecule has 0 saturated carbocycles. The summed E-state index contributed by atoms with van der Waals surface area (Å²) in [5.41, 5.74) is 4.58. The van der Waals surface area contributed by atoms with Crippen molar-refractivity contribution in [2.45, 2.75) is 16.7 Å². The molecule has 24 heavy (non-hydrogen) atoms. The van der Waals surface area contributed by atoms with Crippen molar-refractivity contribution < 1.29 is 9.21 Å². The van der Waals surface area contributed by atoms with Gasteiger partial charge in [-0.25, -0.2) is 5.43 Å². The van der Waals surface area contributed by atoms with E-state index in [2.05, 4.69) is 41.7 Å². The second kappa shape index (κ2) is 7.66. The lowest BCUT2D eigenvalue weighted by atomic mass is 10.2. The van der Waals surface area contributed by atoms with Crippen molar-refractivity contribution in [1.82, 2.24) is 5.43 Å². The molecule has 120 valence electrons. The Morgan fingerprint density at radius 1 is 1.04 bits per heavy atom. The van der Waals surface area contributed by atoms with Crippen LogP contribution in [0.2, 0.25) is 0 Å². The van der Waals surface area contributed by atoms with Crippen molar-refractivity contribution in [1.29, 1.82) is 0 Å². The Hall–Kier alpha value is -2.79. The summed E-state index contributed by atoms with van der Waals surface area (Å²) in [4.78, 5) is 14.0. The van der Waals surface area contributed by atoms with Gasteiger partial charge in [0.05, 0.1) is 12.5 Å². The predicted molar refractivity (Wildman–Crippen MR) is 95.5 cm³/mol. The highest BCUT2D eigenvalue weighted by atomic mass is 32.2. The molecule has 5 heteroatoms. The van der Waals surface area contributed by atoms with Crippen LogP contribution in [0.1, 0.15) is 21.7 Å². The maximum atomic E-state index is 11.7. The second-order valence-corrected chi connectivity index (χ2v) is 6.31. The van der Waals surface area contributed by atoms with E-state index in [9.17, 15) is 4.79 Å². The Bertz CT molecular complexity index is 823. The van der Waals surface area contributed by atoms with Crippen molar-refractivity contribution in [3.8, 4) is 0 Å². The lowest BCUT2D eigenvalue weighted by Crippen LogP contribution is -2.16. The summed E-state index contributed by atoms with van der Waals surface area (Å²) in [6.07, 6.45) is 3.05. The molecule has 1 amide bonds. The minimum absolute atomic E-state index is 0.233. The largest absolute Gasteiger partial charge is 0.459 e. The molecule has 2 aromatic carbocycles. The molecule has 0 spiro atoms. The number of nitrogens with one attached hydrogen (secondary N) is 1. The average molecular weight is 336 g/mol. The standard InChI is InChI=1S/C19H16N2O2S/c1-14-4-8-16(9-5-14)24-17-10-6-15(7-11-17)13-20-21-19(22)18-3-2-12-23-18/h2-13H,1H3,(H,21,22)/b20-13+. The summed E-state index contributed by atoms with van der Waals surface area (Å²) < 4.78 is 4.99. The van der Waals surface area contributed by atoms with Crippen LogP contribution in [-0.2, 0) is 0 Å². The fourth-order valence-corrected chi connectivity index (χ4v) is 2.81. The number of benzene rings is 2. The molecule has 1 aromatic heterocycles. The summed E-state index contributed by atoms with van der Waals surface area (Å²) in [6, 6.07) is 19.6. The number of carbonyl (C=O) groups excluding carboxylic acids is 1. The van der Waals surface area contributed by atoms with Gasteiger partial charge in [-0.2, -0.15) is 5.10 Å². The number of carbonyl (C=O) groups is 1. The van der Waals surface area contributed by atoms with Crippen LogP contribution in [-0.4, -0.2) is 12.1 Å². The third kappa shape index (κ3) is 4.36. The molecule has 0 unspecified atom stereocenters. The van der Waals surface area contributed by atoms with Crippen LogP contribution in [0.3, 0.4) is 0 Å². The van der Waals surface area contributed by atoms with Gasteiger partial charge in [0.1, 0.15) is 0 Å². The van der Waals surface area contributed by atoms with Gasteiger partial charge in [-0.1, -0.05) is 41.6 Å². The highest BCUT2D eigenvalue weighted by Crippen LogP contribution is 2.27. The lowest BCUT2D eigenvalue weighted by molar-refractivity contribution is 0.0927. The zero-order chi connectivity index (χ0) is 16.8. The summed E-state index contributed by atoms with van der Waals surface area (Å²) in [6.45, 7) is 2.08. The van der Waals surface area contributed by atoms with Crippen LogP contribution in [0.15, 0.2) is 86.2 Å². The van der Waals surface area contributed by atoms with E-state index in [1.165, 1.54) is 16.7 Å². The van der Waals surface area contributed by atoms with Crippen LogP contribution in [0.4, 0.5) is 0 Å². The lowest BCUT2D eigenvalue weighted by Gasteiger charge is -2.02. The number of amides is 1. The second-order valence-electron chi connectivity index (χ2n) is 5.16. The SMILES string of the molecule is Cc1ccc(Sc2ccc(/C=N/NC(=O)c3ccco3)cc2)cc1. The van der Waals surface area contributed by atoms with Gasteiger partial charge in [-0.3, -0.25) is 4.79 Å². The molecule has 3 aromatic rings. The van der Waals surface area contributed by atoms with Gasteiger partial charge in [-0.05, 0) is 48.9 Å². The van der Waals surface area contributed by atoms with E-state index in [0.717, 1.165) is 10.5 Å². The zero-order valence-electron chi connectivity index (χ0n) is 13.1. The molecule has 0 saturated heterocycles. The first-order valence-corrected chi connectivity index (χ1v) is 8.24. The molecule has 1 heterocycles. The van der Waals surface area contributed by atoms with E-state index < -0.39 is 0 Å². The van der Waals surface area contributed by atoms with Gasteiger partial charge < -0.3 is 4.42 Å². The van der Waals surface area contributed by atoms with Gasteiger partial charge in [0.2, 0.25) is 0 Å². The molecule has 0 aliphatic carbocycles. The van der Waals surface area contributed by atoms with E-state index in [0.29, 0.717) is 0 Å². The third-order valence-electron chi connectivity index (χ3n) is 3.26. The van der Waals surface area contributed by atoms with Crippen molar-refractivity contribution in [2.24, 2.45) is 5.10 Å². The number of rotatable bonds is 5. The number of aryl methyl sites for hydroxylation is 1. The summed E-state index contributed by atoms with van der Waals surface area (Å²) in [5, 5.41) is 3.93. The Morgan fingerprint density at radius 3 is 2.33 bits per heavy atom. The van der Waals surface area contributed by atoms with Crippen LogP contribution in [0.5, 0.6) is 0 Å². The molecule has 0 bridgehead atoms. The average Bonchev–Trinajstić information content (AvgIpc) is 3.13. The molecule has 0 radical (unpaired) electrons. The van der Waals surface area contributed by atoms with Crippen LogP contribution in [0.25, 0.3) is 0 Å². The molecule has 4 nitrogen and oxygen atoms in total. The smallest absolute Gasteiger partial charge is 0.307 e. The van der Waals surface area contributed by atoms with Crippen molar-refractivity contribution >= 4 is 23.9 Å². The first-order valence-electron chi connectivity index (χ1n) is 7.42. The van der Waals surface area contributed by atoms with E-state index >= 15 is 0 Å². The highest BCUT2D eigenvalue weighted by molar-refractivity contribution is 7.99. The molecular weight excluding hydrogens is 320 g/mol. The Labute approximate surface area is 144 Å². The van der Waals surface area contributed by atoms with E-state index in [1.807, 2.05) is 24.3 Å². The number of hydrogen-bond donors (Lipinski definition) is 1. The molecule has 0 aliphatic heterocycles. The normalized spacial score (nSPS) is 10.9. The van der Waals surface area contributed by atoms with Gasteiger partial charge in [-0.15, -0.1) is 0 Å². The topological polar surface area (TPSA) is 54.6 Å². The Balaban J connectivity index is 1.57. The molecule has 0 fully saturated rings. The van der Waals surface area contributed by atoms with Crippen LogP contribution < -0.4 is 5.43 Å². The number of hydrogen-bond acceptors (Lipinski definition) is 4. The van der Waals surface area contributed by atoms with E-state index in [1.54, 1.807) is 30.1 Å². The van der Waals surface area contributed by atoms with Gasteiger partial charge in [0.15, 0.2) is 5.76 Å². The number of nitrogens with zero attached hydrogens (tertiary/aromatic N) is 1. The Morgan fingerprint density at radius 2 is 1.71 bits per heavy atom. The minimum atomic E-state index is -0.372. The highest BCUT2D eigenvalue weighted by Gasteiger charge is 2.05. The van der Waals surface area contributed by atoms with Crippen molar-refractivity contribution in [3.05, 3.63) is 83.8 Å². The van der Waals surface area contributed by atoms with Gasteiger partial charge in [0.25, 0.3) is 0 Å². The predicted octanol–water partition coefficient (Wildman–Crippen LogP) is 4.50. The quantitative estimate of drug-likeness (QED) is 0.551. The molecule has 3 rings (SSSR count). The fourth-order valence-electron chi connectivity index (χ4n) is 1.99. The molecule has 0 atom stereocenters. The molecule has 0 aliphatic rings. The van der Waals surface area contributed by atoms with Crippen molar-refractivity contribution in [3.63, 3.8) is 0 Å². The monoisotopic (exact) mass is 336 g/mol.